The Kier molecular flexibility index (Phi) is 7.95. The molecule has 7 nitrogen and oxygen atoms in total. The second kappa shape index (κ2) is 10.6. The third-order valence-electron chi connectivity index (χ3n) is 4.19. The van der Waals surface area contributed by atoms with Gasteiger partial charge >= 0.3 is 5.97 Å². The number of benzene rings is 2. The number of esters is 1. The average molecular weight is 394 g/mol. The maximum atomic E-state index is 12.6. The highest BCUT2D eigenvalue weighted by Gasteiger charge is 2.32. The number of amides is 2. The fourth-order valence-corrected chi connectivity index (χ4v) is 2.68. The predicted octanol–water partition coefficient (Wildman–Crippen LogP) is 1.20. The number of aliphatic hydroxyl groups is 1. The molecule has 0 spiro atoms. The number of aliphatic hydroxyl groups excluding tert-OH is 1. The van der Waals surface area contributed by atoms with Crippen molar-refractivity contribution in [3.05, 3.63) is 71.8 Å². The Morgan fingerprint density at radius 1 is 1.03 bits per heavy atom. The average Bonchev–Trinajstić information content (AvgIpc) is 2.77. The summed E-state index contributed by atoms with van der Waals surface area (Å²) in [5.74, 6) is 0.224. The Morgan fingerprint density at radius 3 is 2.17 bits per heavy atom. The molecule has 0 unspecified atom stereocenters. The molecular formula is C22H22N2O5. The van der Waals surface area contributed by atoms with Crippen LogP contribution in [-0.2, 0) is 14.3 Å². The molecule has 0 heterocycles. The maximum Gasteiger partial charge on any atom is 0.329 e. The third kappa shape index (κ3) is 5.92. The summed E-state index contributed by atoms with van der Waals surface area (Å²) in [4.78, 5) is 37.0. The summed E-state index contributed by atoms with van der Waals surface area (Å²) >= 11 is 0. The smallest absolute Gasteiger partial charge is 0.329 e. The van der Waals surface area contributed by atoms with E-state index in [4.69, 9.17) is 6.42 Å². The van der Waals surface area contributed by atoms with Crippen LogP contribution in [0.15, 0.2) is 60.7 Å². The van der Waals surface area contributed by atoms with E-state index >= 15 is 0 Å². The van der Waals surface area contributed by atoms with Crippen LogP contribution in [0.4, 0.5) is 0 Å². The van der Waals surface area contributed by atoms with Crippen LogP contribution in [0.1, 0.15) is 28.4 Å². The van der Waals surface area contributed by atoms with Crippen LogP contribution in [0.2, 0.25) is 0 Å². The molecule has 0 aromatic heterocycles. The lowest BCUT2D eigenvalue weighted by Gasteiger charge is -2.25. The number of terminal acetylenes is 1. The van der Waals surface area contributed by atoms with Crippen molar-refractivity contribution in [3.63, 3.8) is 0 Å². The van der Waals surface area contributed by atoms with E-state index in [0.29, 0.717) is 11.1 Å². The number of hydrogen-bond acceptors (Lipinski definition) is 5. The Morgan fingerprint density at radius 2 is 1.62 bits per heavy atom. The lowest BCUT2D eigenvalue weighted by molar-refractivity contribution is -0.146. The van der Waals surface area contributed by atoms with Crippen LogP contribution < -0.4 is 10.6 Å². The number of carbonyl (C=O) groups excluding carboxylic acids is 3. The van der Waals surface area contributed by atoms with Gasteiger partial charge in [-0.3, -0.25) is 9.59 Å². The van der Waals surface area contributed by atoms with Crippen LogP contribution in [0.25, 0.3) is 0 Å². The second-order valence-corrected chi connectivity index (χ2v) is 6.17. The lowest BCUT2D eigenvalue weighted by Crippen LogP contribution is -2.50. The van der Waals surface area contributed by atoms with Crippen LogP contribution in [0.3, 0.4) is 0 Å². The van der Waals surface area contributed by atoms with Gasteiger partial charge in [0.2, 0.25) is 0 Å². The Balaban J connectivity index is 2.23. The van der Waals surface area contributed by atoms with Crippen LogP contribution in [0, 0.1) is 12.3 Å². The monoisotopic (exact) mass is 394 g/mol. The molecule has 2 rings (SSSR count). The number of methoxy groups -OCH3 is 1. The second-order valence-electron chi connectivity index (χ2n) is 6.17. The van der Waals surface area contributed by atoms with Crippen molar-refractivity contribution in [1.82, 2.24) is 10.6 Å². The molecule has 2 amide bonds. The fourth-order valence-electron chi connectivity index (χ4n) is 2.68. The van der Waals surface area contributed by atoms with Crippen LogP contribution >= 0.6 is 0 Å². The minimum atomic E-state index is -1.67. The van der Waals surface area contributed by atoms with Gasteiger partial charge in [0.1, 0.15) is 6.04 Å². The van der Waals surface area contributed by atoms with Gasteiger partial charge in [0.05, 0.1) is 13.2 Å². The van der Waals surface area contributed by atoms with Gasteiger partial charge in [0.25, 0.3) is 11.8 Å². The Labute approximate surface area is 169 Å². The van der Waals surface area contributed by atoms with Gasteiger partial charge in [0, 0.05) is 12.0 Å². The number of rotatable bonds is 8. The molecule has 0 bridgehead atoms. The van der Waals surface area contributed by atoms with E-state index < -0.39 is 36.0 Å². The minimum Gasteiger partial charge on any atom is -0.467 e. The molecule has 0 saturated heterocycles. The van der Waals surface area contributed by atoms with Crippen molar-refractivity contribution in [1.29, 1.82) is 0 Å². The van der Waals surface area contributed by atoms with Crippen LogP contribution in [-0.4, -0.2) is 42.1 Å². The highest BCUT2D eigenvalue weighted by Crippen LogP contribution is 2.18. The van der Waals surface area contributed by atoms with Crippen molar-refractivity contribution in [2.45, 2.75) is 24.6 Å². The number of hydrogen-bond donors (Lipinski definition) is 3. The van der Waals surface area contributed by atoms with Crippen molar-refractivity contribution in [2.75, 3.05) is 7.11 Å². The first-order valence-corrected chi connectivity index (χ1v) is 8.88. The summed E-state index contributed by atoms with van der Waals surface area (Å²) in [6.07, 6.45) is 3.46. The molecule has 3 atom stereocenters. The summed E-state index contributed by atoms with van der Waals surface area (Å²) in [7, 11) is 1.17. The molecule has 0 fully saturated rings. The fraction of sp³-hybridized carbons (Fsp3) is 0.227. The highest BCUT2D eigenvalue weighted by molar-refractivity contribution is 5.95. The summed E-state index contributed by atoms with van der Waals surface area (Å²) in [6, 6.07) is 14.8. The van der Waals surface area contributed by atoms with Gasteiger partial charge in [-0.1, -0.05) is 48.5 Å². The normalized spacial score (nSPS) is 13.3. The van der Waals surface area contributed by atoms with Gasteiger partial charge in [-0.2, -0.15) is 0 Å². The molecular weight excluding hydrogens is 372 g/mol. The predicted molar refractivity (Wildman–Crippen MR) is 106 cm³/mol. The molecule has 0 aliphatic rings. The molecule has 0 aliphatic heterocycles. The zero-order valence-electron chi connectivity index (χ0n) is 15.9. The van der Waals surface area contributed by atoms with Crippen molar-refractivity contribution >= 4 is 17.8 Å². The molecule has 150 valence electrons. The maximum absolute atomic E-state index is 12.6. The van der Waals surface area contributed by atoms with E-state index in [2.05, 4.69) is 21.3 Å². The molecule has 0 radical (unpaired) electrons. The zero-order valence-corrected chi connectivity index (χ0v) is 15.9. The van der Waals surface area contributed by atoms with E-state index in [9.17, 15) is 19.5 Å². The molecule has 7 heteroatoms. The van der Waals surface area contributed by atoms with Gasteiger partial charge in [-0.15, -0.1) is 12.3 Å². The Bertz CT molecular complexity index is 877. The largest absolute Gasteiger partial charge is 0.467 e. The SMILES string of the molecule is C#CC[C@@H](NC(=O)[C@H](O)[C@@H](NC(=O)c1ccccc1)c1ccccc1)C(=O)OC. The molecule has 0 saturated carbocycles. The molecule has 0 aliphatic carbocycles. The summed E-state index contributed by atoms with van der Waals surface area (Å²) in [5, 5.41) is 15.7. The summed E-state index contributed by atoms with van der Waals surface area (Å²) in [6.45, 7) is 0. The quantitative estimate of drug-likeness (QED) is 0.461. The van der Waals surface area contributed by atoms with E-state index in [0.717, 1.165) is 0 Å². The lowest BCUT2D eigenvalue weighted by atomic mass is 9.99. The van der Waals surface area contributed by atoms with Gasteiger partial charge in [-0.05, 0) is 17.7 Å². The summed E-state index contributed by atoms with van der Waals surface area (Å²) < 4.78 is 4.61. The van der Waals surface area contributed by atoms with Gasteiger partial charge < -0.3 is 20.5 Å². The van der Waals surface area contributed by atoms with E-state index in [1.54, 1.807) is 60.7 Å². The van der Waals surface area contributed by atoms with E-state index in [-0.39, 0.29) is 6.42 Å². The zero-order chi connectivity index (χ0) is 21.2. The summed E-state index contributed by atoms with van der Waals surface area (Å²) in [5.41, 5.74) is 0.895. The first-order valence-electron chi connectivity index (χ1n) is 8.88. The van der Waals surface area contributed by atoms with Crippen molar-refractivity contribution < 1.29 is 24.2 Å². The van der Waals surface area contributed by atoms with Gasteiger partial charge in [-0.25, -0.2) is 4.79 Å². The number of carbonyl (C=O) groups is 3. The van der Waals surface area contributed by atoms with Crippen molar-refractivity contribution in [3.8, 4) is 12.3 Å². The number of nitrogens with one attached hydrogen (secondary N) is 2. The minimum absolute atomic E-state index is 0.0997. The third-order valence-corrected chi connectivity index (χ3v) is 4.19. The molecule has 2 aromatic carbocycles. The van der Waals surface area contributed by atoms with E-state index in [1.165, 1.54) is 7.11 Å². The van der Waals surface area contributed by atoms with Crippen LogP contribution in [0.5, 0.6) is 0 Å². The van der Waals surface area contributed by atoms with E-state index in [1.807, 2.05) is 0 Å². The van der Waals surface area contributed by atoms with Crippen molar-refractivity contribution in [2.24, 2.45) is 0 Å². The topological polar surface area (TPSA) is 105 Å². The molecule has 29 heavy (non-hydrogen) atoms. The van der Waals surface area contributed by atoms with Gasteiger partial charge in [0.15, 0.2) is 6.10 Å². The standard InChI is InChI=1S/C22H22N2O5/c1-3-10-17(22(28)29-2)23-21(27)19(25)18(15-11-6-4-7-12-15)24-20(26)16-13-8-5-9-14-16/h1,4-9,11-14,17-19,25H,10H2,2H3,(H,23,27)(H,24,26)/t17-,18+,19-/m1/s1. The first kappa shape index (κ1) is 21.7. The molecule has 2 aromatic rings. The number of ether oxygens (including phenoxy) is 1. The first-order chi connectivity index (χ1) is 14.0. The molecule has 3 N–H and O–H groups in total. The Hall–Kier alpha value is -3.63. The highest BCUT2D eigenvalue weighted by atomic mass is 16.5.